The molecule has 1 amide bonds. The molecule has 1 N–H and O–H groups in total. The summed E-state index contributed by atoms with van der Waals surface area (Å²) in [5, 5.41) is 3.39. The van der Waals surface area contributed by atoms with Crippen LogP contribution < -0.4 is 5.32 Å². The van der Waals surface area contributed by atoms with Crippen molar-refractivity contribution < 1.29 is 4.79 Å². The molecule has 0 radical (unpaired) electrons. The molecule has 3 heteroatoms. The monoisotopic (exact) mass is 258 g/mol. The topological polar surface area (TPSA) is 32.3 Å². The van der Waals surface area contributed by atoms with E-state index < -0.39 is 0 Å². The number of nitrogens with zero attached hydrogens (tertiary/aromatic N) is 1. The Morgan fingerprint density at radius 3 is 2.74 bits per heavy atom. The van der Waals surface area contributed by atoms with E-state index in [2.05, 4.69) is 31.3 Å². The smallest absolute Gasteiger partial charge is 0.253 e. The highest BCUT2D eigenvalue weighted by Gasteiger charge is 2.30. The molecule has 2 aliphatic heterocycles. The Labute approximate surface area is 115 Å². The number of benzene rings is 1. The number of anilines is 1. The second-order valence-corrected chi connectivity index (χ2v) is 6.07. The summed E-state index contributed by atoms with van der Waals surface area (Å²) in [5.41, 5.74) is 3.34. The fourth-order valence-corrected chi connectivity index (χ4v) is 3.09. The Hall–Kier alpha value is -1.51. The van der Waals surface area contributed by atoms with E-state index in [9.17, 15) is 4.79 Å². The van der Waals surface area contributed by atoms with Gasteiger partial charge in [-0.1, -0.05) is 13.8 Å². The lowest BCUT2D eigenvalue weighted by molar-refractivity contribution is 0.0785. The molecule has 0 aliphatic carbocycles. The van der Waals surface area contributed by atoms with Crippen molar-refractivity contribution in [2.45, 2.75) is 26.7 Å². The number of rotatable bonds is 1. The van der Waals surface area contributed by atoms with Crippen molar-refractivity contribution in [3.63, 3.8) is 0 Å². The number of aryl methyl sites for hydroxylation is 1. The minimum absolute atomic E-state index is 0.199. The number of nitrogens with one attached hydrogen (secondary N) is 1. The maximum Gasteiger partial charge on any atom is 0.253 e. The van der Waals surface area contributed by atoms with E-state index in [1.807, 2.05) is 11.0 Å². The van der Waals surface area contributed by atoms with Crippen LogP contribution >= 0.6 is 0 Å². The molecule has 0 saturated carbocycles. The van der Waals surface area contributed by atoms with Gasteiger partial charge in [-0.3, -0.25) is 4.79 Å². The molecule has 2 atom stereocenters. The molecule has 3 rings (SSSR count). The van der Waals surface area contributed by atoms with E-state index in [0.29, 0.717) is 11.8 Å². The maximum atomic E-state index is 12.5. The van der Waals surface area contributed by atoms with Crippen molar-refractivity contribution in [1.82, 2.24) is 4.90 Å². The molecule has 2 heterocycles. The fraction of sp³-hybridized carbons (Fsp3) is 0.562. The minimum atomic E-state index is 0.199. The van der Waals surface area contributed by atoms with E-state index in [0.717, 1.165) is 38.0 Å². The lowest BCUT2D eigenvalue weighted by Crippen LogP contribution is -2.29. The van der Waals surface area contributed by atoms with Crippen LogP contribution in [0.1, 0.15) is 36.2 Å². The fourth-order valence-electron chi connectivity index (χ4n) is 3.09. The van der Waals surface area contributed by atoms with Crippen molar-refractivity contribution in [2.75, 3.05) is 25.0 Å². The number of hydrogen-bond donors (Lipinski definition) is 1. The van der Waals surface area contributed by atoms with E-state index >= 15 is 0 Å². The Morgan fingerprint density at radius 1 is 1.26 bits per heavy atom. The summed E-state index contributed by atoms with van der Waals surface area (Å²) >= 11 is 0. The molecule has 1 saturated heterocycles. The quantitative estimate of drug-likeness (QED) is 0.840. The van der Waals surface area contributed by atoms with Gasteiger partial charge in [0.05, 0.1) is 0 Å². The van der Waals surface area contributed by atoms with Crippen LogP contribution in [0.2, 0.25) is 0 Å². The predicted octanol–water partition coefficient (Wildman–Crippen LogP) is 2.77. The lowest BCUT2D eigenvalue weighted by atomic mass is 10.0. The van der Waals surface area contributed by atoms with Gasteiger partial charge in [0.2, 0.25) is 0 Å². The van der Waals surface area contributed by atoms with Crippen LogP contribution in [0.15, 0.2) is 18.2 Å². The molecular formula is C16H22N2O. The molecule has 0 aromatic heterocycles. The molecule has 2 unspecified atom stereocenters. The Balaban J connectivity index is 1.80. The number of likely N-dealkylation sites (tertiary alicyclic amines) is 1. The number of carbonyl (C=O) groups is 1. The summed E-state index contributed by atoms with van der Waals surface area (Å²) in [7, 11) is 0. The summed E-state index contributed by atoms with van der Waals surface area (Å²) in [4.78, 5) is 14.5. The van der Waals surface area contributed by atoms with Gasteiger partial charge < -0.3 is 10.2 Å². The van der Waals surface area contributed by atoms with Crippen LogP contribution in [0.4, 0.5) is 5.69 Å². The Kier molecular flexibility index (Phi) is 3.21. The van der Waals surface area contributed by atoms with Gasteiger partial charge in [0.15, 0.2) is 0 Å². The molecule has 3 nitrogen and oxygen atoms in total. The van der Waals surface area contributed by atoms with Crippen LogP contribution in [0, 0.1) is 11.8 Å². The summed E-state index contributed by atoms with van der Waals surface area (Å²) < 4.78 is 0. The summed E-state index contributed by atoms with van der Waals surface area (Å²) in [5.74, 6) is 1.43. The third kappa shape index (κ3) is 2.34. The molecule has 1 aromatic carbocycles. The number of fused-ring (bicyclic) bond motifs is 1. The standard InChI is InChI=1S/C16H22N2O/c1-11-9-18(10-12(11)2)16(19)14-5-6-15-13(8-14)4-3-7-17-15/h5-6,8,11-12,17H,3-4,7,9-10H2,1-2H3. The SMILES string of the molecule is CC1CN(C(=O)c2ccc3c(c2)CCCN3)CC1C. The second-order valence-electron chi connectivity index (χ2n) is 6.07. The summed E-state index contributed by atoms with van der Waals surface area (Å²) in [6.07, 6.45) is 2.23. The van der Waals surface area contributed by atoms with Gasteiger partial charge in [0.25, 0.3) is 5.91 Å². The minimum Gasteiger partial charge on any atom is -0.385 e. The normalized spacial score (nSPS) is 25.9. The van der Waals surface area contributed by atoms with Gasteiger partial charge >= 0.3 is 0 Å². The molecule has 1 aromatic rings. The van der Waals surface area contributed by atoms with Gasteiger partial charge in [-0.2, -0.15) is 0 Å². The van der Waals surface area contributed by atoms with Gasteiger partial charge in [-0.05, 0) is 48.4 Å². The van der Waals surface area contributed by atoms with Crippen molar-refractivity contribution in [3.05, 3.63) is 29.3 Å². The zero-order chi connectivity index (χ0) is 13.4. The first-order chi connectivity index (χ1) is 9.15. The average Bonchev–Trinajstić information content (AvgIpc) is 2.77. The second kappa shape index (κ2) is 4.87. The third-order valence-corrected chi connectivity index (χ3v) is 4.57. The van der Waals surface area contributed by atoms with E-state index in [4.69, 9.17) is 0 Å². The van der Waals surface area contributed by atoms with Crippen LogP contribution in [-0.4, -0.2) is 30.4 Å². The molecule has 0 spiro atoms. The van der Waals surface area contributed by atoms with E-state index in [-0.39, 0.29) is 5.91 Å². The van der Waals surface area contributed by atoms with E-state index in [1.165, 1.54) is 11.3 Å². The van der Waals surface area contributed by atoms with Crippen molar-refractivity contribution in [1.29, 1.82) is 0 Å². The predicted molar refractivity (Wildman–Crippen MR) is 77.5 cm³/mol. The number of carbonyl (C=O) groups excluding carboxylic acids is 1. The first-order valence-electron chi connectivity index (χ1n) is 7.31. The van der Waals surface area contributed by atoms with Crippen molar-refractivity contribution >= 4 is 11.6 Å². The Bertz CT molecular complexity index is 488. The van der Waals surface area contributed by atoms with Crippen molar-refractivity contribution in [3.8, 4) is 0 Å². The van der Waals surface area contributed by atoms with E-state index in [1.54, 1.807) is 0 Å². The lowest BCUT2D eigenvalue weighted by Gasteiger charge is -2.20. The largest absolute Gasteiger partial charge is 0.385 e. The van der Waals surface area contributed by atoms with Gasteiger partial charge in [-0.25, -0.2) is 0 Å². The van der Waals surface area contributed by atoms with Crippen LogP contribution in [0.5, 0.6) is 0 Å². The highest BCUT2D eigenvalue weighted by atomic mass is 16.2. The molecule has 1 fully saturated rings. The molecule has 2 aliphatic rings. The molecule has 19 heavy (non-hydrogen) atoms. The molecule has 102 valence electrons. The van der Waals surface area contributed by atoms with Crippen molar-refractivity contribution in [2.24, 2.45) is 11.8 Å². The Morgan fingerprint density at radius 2 is 2.00 bits per heavy atom. The molecule has 0 bridgehead atoms. The first-order valence-corrected chi connectivity index (χ1v) is 7.31. The van der Waals surface area contributed by atoms with Crippen LogP contribution in [0.3, 0.4) is 0 Å². The summed E-state index contributed by atoms with van der Waals surface area (Å²) in [6, 6.07) is 6.11. The van der Waals surface area contributed by atoms with Gasteiger partial charge in [0, 0.05) is 30.9 Å². The number of hydrogen-bond acceptors (Lipinski definition) is 2. The van der Waals surface area contributed by atoms with Gasteiger partial charge in [0.1, 0.15) is 0 Å². The highest BCUT2D eigenvalue weighted by Crippen LogP contribution is 2.26. The highest BCUT2D eigenvalue weighted by molar-refractivity contribution is 5.95. The van der Waals surface area contributed by atoms with Crippen LogP contribution in [-0.2, 0) is 6.42 Å². The average molecular weight is 258 g/mol. The first kappa shape index (κ1) is 12.5. The maximum absolute atomic E-state index is 12.5. The molecular weight excluding hydrogens is 236 g/mol. The third-order valence-electron chi connectivity index (χ3n) is 4.57. The zero-order valence-corrected chi connectivity index (χ0v) is 11.8. The van der Waals surface area contributed by atoms with Gasteiger partial charge in [-0.15, -0.1) is 0 Å². The summed E-state index contributed by atoms with van der Waals surface area (Å²) in [6.45, 7) is 7.30. The van der Waals surface area contributed by atoms with Crippen LogP contribution in [0.25, 0.3) is 0 Å². The zero-order valence-electron chi connectivity index (χ0n) is 11.8. The number of amides is 1.